The molecule has 4 saturated carbocycles. The van der Waals surface area contributed by atoms with Crippen molar-refractivity contribution in [2.24, 2.45) is 0 Å². The number of rotatable bonds is 0. The number of fused-ring (bicyclic) bond motifs is 8. The van der Waals surface area contributed by atoms with Crippen LogP contribution in [-0.4, -0.2) is 101 Å². The van der Waals surface area contributed by atoms with Gasteiger partial charge in [0.15, 0.2) is 0 Å². The van der Waals surface area contributed by atoms with Crippen LogP contribution in [0.2, 0.25) is 0 Å². The second-order valence-electron chi connectivity index (χ2n) is 17.1. The molecule has 17 heteroatoms. The van der Waals surface area contributed by atoms with Crippen LogP contribution in [-0.2, 0) is 61.2 Å². The number of nitrogens with zero attached hydrogens (tertiary/aromatic N) is 2. The van der Waals surface area contributed by atoms with Gasteiger partial charge in [-0.3, -0.25) is 14.8 Å². The standard InChI is InChI=1S/2C21H35N5.C2H4O2.3CH4.CH3.2ClH.2Mn.H2O/c2*1-3-10-20-18(8-1)22-12-13-23-19-9-2-4-11-21(19)25-15-17-7-5-6-16(26-17)14-24-20;1-2(3)4;;;;;;;;;/h2*5-7,18-25H,1-4,8-15H2;1H3,(H,3,4);3*1H4;1H3;2*1H;;;1H2/q;;;;;;-1;;;;+2;/p-2/t2*18?,19?,20-,21-;;;;;;;;;;/m11........../s1. The van der Waals surface area contributed by atoms with Crippen LogP contribution < -0.4 is 42.5 Å². The molecule has 0 spiro atoms. The Kier molecular flexibility index (Phi) is 39.5. The molecule has 4 unspecified atom stereocenters. The van der Waals surface area contributed by atoms with Crippen molar-refractivity contribution in [3.05, 3.63) is 66.6 Å². The minimum Gasteiger partial charge on any atom is -0.311 e. The van der Waals surface area contributed by atoms with Crippen molar-refractivity contribution >= 4 is 26.2 Å². The Morgan fingerprint density at radius 2 is 0.662 bits per heavy atom. The van der Waals surface area contributed by atoms with Gasteiger partial charge in [-0.15, -0.1) is 0 Å². The van der Waals surface area contributed by atoms with Crippen molar-refractivity contribution in [2.45, 2.75) is 206 Å². The third-order valence-corrected chi connectivity index (χ3v) is 12.9. The SMILES string of the molecule is C.C.C.CC(=O)O.O.[CH3-].[Cl][Mn][Cl].[Mn].c1cc2nc(c1)CN[C@@H]1CCCCC1NCCNC1CCCC[C@H]1NC2.c1cc2nc(c1)CN[C@@H]1CCCCC1NCCNC1CCCC[C@H]1NC2. The molecule has 8 rings (SSSR count). The third-order valence-electron chi connectivity index (χ3n) is 12.9. The van der Waals surface area contributed by atoms with Crippen LogP contribution in [0, 0.1) is 7.43 Å². The molecule has 8 atom stereocenters. The van der Waals surface area contributed by atoms with Gasteiger partial charge in [0, 0.05) is 125 Å². The van der Waals surface area contributed by atoms with Crippen LogP contribution in [0.5, 0.6) is 0 Å². The zero-order valence-corrected chi connectivity index (χ0v) is 41.2. The number of hydrogen-bond donors (Lipinski definition) is 9. The molecular weight excluding hydrogens is 945 g/mol. The van der Waals surface area contributed by atoms with Gasteiger partial charge in [0.05, 0.1) is 22.8 Å². The Morgan fingerprint density at radius 3 is 0.846 bits per heavy atom. The molecular formula is C48H91Cl2Mn2N10O3-. The van der Waals surface area contributed by atoms with Crippen molar-refractivity contribution in [3.63, 3.8) is 0 Å². The average Bonchev–Trinajstić information content (AvgIpc) is 3.26. The summed E-state index contributed by atoms with van der Waals surface area (Å²) in [6, 6.07) is 17.6. The van der Waals surface area contributed by atoms with Crippen molar-refractivity contribution in [1.29, 1.82) is 0 Å². The average molecular weight is 1040 g/mol. The zero-order chi connectivity index (χ0) is 41.5. The monoisotopic (exact) mass is 1040 g/mol. The predicted molar refractivity (Wildman–Crippen MR) is 267 cm³/mol. The number of hydrogen-bond acceptors (Lipinski definition) is 11. The molecule has 4 heterocycles. The van der Waals surface area contributed by atoms with E-state index in [-0.39, 0.29) is 65.4 Å². The molecule has 0 aromatic carbocycles. The molecule has 13 nitrogen and oxygen atoms in total. The second kappa shape index (κ2) is 38.8. The molecule has 65 heavy (non-hydrogen) atoms. The Hall–Kier alpha value is -0.971. The van der Waals surface area contributed by atoms with Crippen LogP contribution in [0.3, 0.4) is 0 Å². The van der Waals surface area contributed by atoms with Crippen LogP contribution in [0.4, 0.5) is 0 Å². The van der Waals surface area contributed by atoms with Crippen LogP contribution >= 0.6 is 20.2 Å². The van der Waals surface area contributed by atoms with Crippen molar-refractivity contribution in [1.82, 2.24) is 52.5 Å². The molecule has 380 valence electrons. The van der Waals surface area contributed by atoms with E-state index in [9.17, 15) is 0 Å². The van der Waals surface area contributed by atoms with E-state index >= 15 is 0 Å². The largest absolute Gasteiger partial charge is 0.311 e. The smallest absolute Gasteiger partial charge is 0.0545 e. The summed E-state index contributed by atoms with van der Waals surface area (Å²) >= 11 is 0.00694. The van der Waals surface area contributed by atoms with Crippen LogP contribution in [0.25, 0.3) is 0 Å². The Balaban J connectivity index is 0. The minimum absolute atomic E-state index is 0. The number of carbonyl (C=O) groups is 1. The first-order valence-corrected chi connectivity index (χ1v) is 26.0. The molecule has 2 aromatic rings. The van der Waals surface area contributed by atoms with Gasteiger partial charge in [-0.1, -0.05) is 85.8 Å². The van der Waals surface area contributed by atoms with E-state index < -0.39 is 5.97 Å². The number of carboxylic acid groups (broad SMARTS) is 1. The number of carboxylic acids is 1. The molecule has 0 amide bonds. The van der Waals surface area contributed by atoms with Gasteiger partial charge in [-0.2, -0.15) is 0 Å². The van der Waals surface area contributed by atoms with Gasteiger partial charge >= 0.3 is 33.3 Å². The van der Waals surface area contributed by atoms with Gasteiger partial charge < -0.3 is 60.5 Å². The van der Waals surface area contributed by atoms with E-state index in [4.69, 9.17) is 40.1 Å². The first-order chi connectivity index (χ1) is 28.9. The summed E-state index contributed by atoms with van der Waals surface area (Å²) in [6.07, 6.45) is 21.0. The first kappa shape index (κ1) is 66.1. The van der Waals surface area contributed by atoms with Gasteiger partial charge in [0.1, 0.15) is 0 Å². The summed E-state index contributed by atoms with van der Waals surface area (Å²) in [5, 5.41) is 37.9. The molecule has 4 fully saturated rings. The molecule has 2 aromatic heterocycles. The number of aromatic nitrogens is 2. The number of pyridine rings is 2. The zero-order valence-electron chi connectivity index (χ0n) is 37.3. The van der Waals surface area contributed by atoms with E-state index in [0.29, 0.717) is 48.3 Å². The van der Waals surface area contributed by atoms with E-state index in [0.717, 1.165) is 59.3 Å². The first-order valence-electron chi connectivity index (χ1n) is 22.7. The topological polar surface area (TPSA) is 191 Å². The maximum Gasteiger partial charge on any atom is 0.0545 e. The van der Waals surface area contributed by atoms with E-state index in [1.165, 1.54) is 126 Å². The number of nitrogens with one attached hydrogen (secondary N) is 8. The molecule has 4 bridgehead atoms. The predicted octanol–water partition coefficient (Wildman–Crippen LogP) is 7.15. The maximum absolute atomic E-state index is 9.00. The van der Waals surface area contributed by atoms with Crippen LogP contribution in [0.15, 0.2) is 36.4 Å². The Bertz CT molecular complexity index is 1290. The summed E-state index contributed by atoms with van der Waals surface area (Å²) < 4.78 is 0. The van der Waals surface area contributed by atoms with Crippen molar-refractivity contribution in [2.75, 3.05) is 26.2 Å². The van der Waals surface area contributed by atoms with Crippen LogP contribution in [0.1, 0.15) is 155 Å². The fourth-order valence-corrected chi connectivity index (χ4v) is 9.90. The summed E-state index contributed by atoms with van der Waals surface area (Å²) in [5.74, 6) is -0.833. The second-order valence-corrected chi connectivity index (χ2v) is 19.1. The summed E-state index contributed by atoms with van der Waals surface area (Å²) in [6.45, 7) is 8.86. The van der Waals surface area contributed by atoms with E-state index in [1.807, 2.05) is 0 Å². The summed E-state index contributed by atoms with van der Waals surface area (Å²) in [5.41, 5.74) is 4.67. The fourth-order valence-electron chi connectivity index (χ4n) is 9.90. The van der Waals surface area contributed by atoms with Gasteiger partial charge in [-0.05, 0) is 75.6 Å². The maximum atomic E-state index is 9.00. The number of aliphatic carboxylic acids is 1. The molecule has 4 aliphatic carbocycles. The molecule has 6 aliphatic rings. The van der Waals surface area contributed by atoms with Gasteiger partial charge in [0.25, 0.3) is 5.97 Å². The fraction of sp³-hybridized carbons (Fsp3) is 0.750. The third kappa shape index (κ3) is 24.9. The van der Waals surface area contributed by atoms with Gasteiger partial charge in [0.2, 0.25) is 0 Å². The van der Waals surface area contributed by atoms with Gasteiger partial charge in [-0.25, -0.2) is 0 Å². The summed E-state index contributed by atoms with van der Waals surface area (Å²) in [4.78, 5) is 18.8. The molecule has 0 saturated heterocycles. The van der Waals surface area contributed by atoms with Crippen molar-refractivity contribution in [3.8, 4) is 0 Å². The minimum atomic E-state index is -0.833. The quantitative estimate of drug-likeness (QED) is 0.0959. The number of halogens is 2. The molecule has 1 radical (unpaired) electrons. The van der Waals surface area contributed by atoms with E-state index in [2.05, 4.69) is 78.9 Å². The van der Waals surface area contributed by atoms with E-state index in [1.54, 1.807) is 0 Å². The van der Waals surface area contributed by atoms with Crippen molar-refractivity contribution < 1.29 is 45.6 Å². The Morgan fingerprint density at radius 1 is 0.492 bits per heavy atom. The molecule has 11 N–H and O–H groups in total. The summed E-state index contributed by atoms with van der Waals surface area (Å²) in [7, 11) is 9.59. The normalized spacial score (nSPS) is 27.9. The Labute approximate surface area is 421 Å². The molecule has 2 aliphatic heterocycles.